The Morgan fingerprint density at radius 3 is 2.58 bits per heavy atom. The van der Waals surface area contributed by atoms with Crippen LogP contribution in [0.5, 0.6) is 0 Å². The Labute approximate surface area is 191 Å². The van der Waals surface area contributed by atoms with Crippen molar-refractivity contribution in [3.8, 4) is 0 Å². The number of nitrogens with zero attached hydrogens (tertiary/aromatic N) is 6. The van der Waals surface area contributed by atoms with Crippen molar-refractivity contribution >= 4 is 29.4 Å². The van der Waals surface area contributed by atoms with Crippen molar-refractivity contribution in [2.24, 2.45) is 5.10 Å². The second-order valence-corrected chi connectivity index (χ2v) is 8.09. The van der Waals surface area contributed by atoms with E-state index in [1.165, 1.54) is 5.56 Å². The molecular weight excluding hydrogens is 422 g/mol. The summed E-state index contributed by atoms with van der Waals surface area (Å²) in [7, 11) is 0. The van der Waals surface area contributed by atoms with Gasteiger partial charge < -0.3 is 19.3 Å². The summed E-state index contributed by atoms with van der Waals surface area (Å²) in [6.07, 6.45) is 5.32. The molecule has 0 spiro atoms. The third-order valence-corrected chi connectivity index (χ3v) is 5.68. The Morgan fingerprint density at radius 1 is 1.06 bits per heavy atom. The number of carbonyl (C=O) groups is 1. The van der Waals surface area contributed by atoms with Crippen molar-refractivity contribution in [3.05, 3.63) is 53.5 Å². The van der Waals surface area contributed by atoms with Crippen molar-refractivity contribution in [2.45, 2.75) is 6.92 Å². The lowest BCUT2D eigenvalue weighted by molar-refractivity contribution is 0.0299. The van der Waals surface area contributed by atoms with Crippen molar-refractivity contribution in [3.63, 3.8) is 0 Å². The number of anilines is 2. The Balaban J connectivity index is 1.45. The standard InChI is InChI=1S/C23H27N7O3/c1-17-3-2-4-18(13-17)14-24-27-20-16-30-15-19(23(31)29-7-11-33-12-8-29)25-21(30)22(26-20)28-5-9-32-10-6-28/h2-4,13-16,27H,5-12H2,1H3/b24-14+. The molecule has 2 fully saturated rings. The number of carbonyl (C=O) groups excluding carboxylic acids is 1. The van der Waals surface area contributed by atoms with Gasteiger partial charge in [-0.25, -0.2) is 9.97 Å². The molecule has 0 aliphatic carbocycles. The molecular formula is C23H27N7O3. The topological polar surface area (TPSA) is 96.6 Å². The van der Waals surface area contributed by atoms with Crippen molar-refractivity contribution < 1.29 is 14.3 Å². The molecule has 3 aromatic rings. The number of imidazole rings is 1. The SMILES string of the molecule is Cc1cccc(/C=N/Nc2cn3cc(C(=O)N4CCOCC4)nc3c(N3CCOCC3)n2)c1. The van der Waals surface area contributed by atoms with Crippen molar-refractivity contribution in [1.29, 1.82) is 0 Å². The molecule has 1 amide bonds. The van der Waals surface area contributed by atoms with E-state index in [2.05, 4.69) is 26.5 Å². The molecule has 0 bridgehead atoms. The molecule has 10 nitrogen and oxygen atoms in total. The lowest BCUT2D eigenvalue weighted by Crippen LogP contribution is -2.40. The number of aromatic nitrogens is 3. The lowest BCUT2D eigenvalue weighted by atomic mass is 10.2. The second-order valence-electron chi connectivity index (χ2n) is 8.09. The van der Waals surface area contributed by atoms with Crippen LogP contribution in [0.1, 0.15) is 21.6 Å². The molecule has 0 atom stereocenters. The Kier molecular flexibility index (Phi) is 6.18. The van der Waals surface area contributed by atoms with E-state index in [0.717, 1.165) is 5.56 Å². The van der Waals surface area contributed by atoms with E-state index < -0.39 is 0 Å². The number of hydrogen-bond donors (Lipinski definition) is 1. The van der Waals surface area contributed by atoms with Gasteiger partial charge in [0, 0.05) is 32.4 Å². The van der Waals surface area contributed by atoms with Gasteiger partial charge in [0.15, 0.2) is 17.3 Å². The molecule has 0 saturated carbocycles. The predicted molar refractivity (Wildman–Crippen MR) is 125 cm³/mol. The fourth-order valence-corrected chi connectivity index (χ4v) is 3.98. The lowest BCUT2D eigenvalue weighted by Gasteiger charge is -2.28. The number of hydrazone groups is 1. The number of aryl methyl sites for hydroxylation is 1. The van der Waals surface area contributed by atoms with Crippen LogP contribution in [0.25, 0.3) is 5.65 Å². The quantitative estimate of drug-likeness (QED) is 0.469. The van der Waals surface area contributed by atoms with Crippen LogP contribution < -0.4 is 10.3 Å². The summed E-state index contributed by atoms with van der Waals surface area (Å²) in [4.78, 5) is 26.3. The summed E-state index contributed by atoms with van der Waals surface area (Å²) in [6, 6.07) is 8.09. The van der Waals surface area contributed by atoms with Gasteiger partial charge in [0.25, 0.3) is 5.91 Å². The van der Waals surface area contributed by atoms with Crippen molar-refractivity contribution in [1.82, 2.24) is 19.3 Å². The summed E-state index contributed by atoms with van der Waals surface area (Å²) in [5.74, 6) is 1.17. The minimum absolute atomic E-state index is 0.0955. The van der Waals surface area contributed by atoms with Crippen LogP contribution in [0.4, 0.5) is 11.6 Å². The molecule has 4 heterocycles. The molecule has 10 heteroatoms. The smallest absolute Gasteiger partial charge is 0.274 e. The Bertz CT molecular complexity index is 1160. The van der Waals surface area contributed by atoms with E-state index in [1.807, 2.05) is 29.5 Å². The zero-order valence-electron chi connectivity index (χ0n) is 18.6. The molecule has 33 heavy (non-hydrogen) atoms. The van der Waals surface area contributed by atoms with E-state index in [4.69, 9.17) is 14.5 Å². The van der Waals surface area contributed by atoms with E-state index in [1.54, 1.807) is 23.5 Å². The molecule has 2 aliphatic heterocycles. The Hall–Kier alpha value is -3.50. The number of nitrogens with one attached hydrogen (secondary N) is 1. The number of amides is 1. The van der Waals surface area contributed by atoms with Crippen LogP contribution in [-0.4, -0.2) is 84.0 Å². The highest BCUT2D eigenvalue weighted by Gasteiger charge is 2.24. The van der Waals surface area contributed by atoms with Gasteiger partial charge in [-0.3, -0.25) is 14.6 Å². The highest BCUT2D eigenvalue weighted by molar-refractivity contribution is 5.93. The summed E-state index contributed by atoms with van der Waals surface area (Å²) in [5.41, 5.74) is 6.23. The molecule has 0 radical (unpaired) electrons. The summed E-state index contributed by atoms with van der Waals surface area (Å²) < 4.78 is 12.7. The molecule has 2 aromatic heterocycles. The van der Waals surface area contributed by atoms with E-state index >= 15 is 0 Å². The maximum absolute atomic E-state index is 13.0. The number of ether oxygens (including phenoxy) is 2. The van der Waals surface area contributed by atoms with Crippen LogP contribution in [0.15, 0.2) is 41.8 Å². The highest BCUT2D eigenvalue weighted by atomic mass is 16.5. The minimum atomic E-state index is -0.0955. The molecule has 5 rings (SSSR count). The normalized spacial score (nSPS) is 17.1. The molecule has 172 valence electrons. The van der Waals surface area contributed by atoms with Gasteiger partial charge in [-0.05, 0) is 12.5 Å². The van der Waals surface area contributed by atoms with Gasteiger partial charge in [-0.15, -0.1) is 0 Å². The molecule has 2 saturated heterocycles. The van der Waals surface area contributed by atoms with Gasteiger partial charge in [0.1, 0.15) is 5.69 Å². The maximum atomic E-state index is 13.0. The van der Waals surface area contributed by atoms with E-state index in [9.17, 15) is 4.79 Å². The third kappa shape index (κ3) is 4.81. The predicted octanol–water partition coefficient (Wildman–Crippen LogP) is 1.79. The number of hydrogen-bond acceptors (Lipinski definition) is 8. The van der Waals surface area contributed by atoms with Gasteiger partial charge in [-0.1, -0.05) is 29.8 Å². The van der Waals surface area contributed by atoms with Crippen LogP contribution in [-0.2, 0) is 9.47 Å². The monoisotopic (exact) mass is 449 g/mol. The first-order chi connectivity index (χ1) is 16.2. The molecule has 1 N–H and O–H groups in total. The first-order valence-electron chi connectivity index (χ1n) is 11.1. The van der Waals surface area contributed by atoms with Gasteiger partial charge in [0.05, 0.1) is 38.8 Å². The number of rotatable bonds is 5. The number of benzene rings is 1. The fourth-order valence-electron chi connectivity index (χ4n) is 3.98. The average molecular weight is 450 g/mol. The third-order valence-electron chi connectivity index (χ3n) is 5.68. The average Bonchev–Trinajstić information content (AvgIpc) is 3.28. The Morgan fingerprint density at radius 2 is 1.82 bits per heavy atom. The maximum Gasteiger partial charge on any atom is 0.274 e. The van der Waals surface area contributed by atoms with E-state index in [-0.39, 0.29) is 5.91 Å². The first kappa shape index (κ1) is 21.4. The number of fused-ring (bicyclic) bond motifs is 1. The van der Waals surface area contributed by atoms with Gasteiger partial charge in [0.2, 0.25) is 0 Å². The molecule has 0 unspecified atom stereocenters. The van der Waals surface area contributed by atoms with Crippen LogP contribution >= 0.6 is 0 Å². The molecule has 2 aliphatic rings. The van der Waals surface area contributed by atoms with E-state index in [0.29, 0.717) is 75.6 Å². The molecule has 1 aromatic carbocycles. The van der Waals surface area contributed by atoms with Crippen LogP contribution in [0.2, 0.25) is 0 Å². The zero-order valence-corrected chi connectivity index (χ0v) is 18.6. The number of morpholine rings is 2. The van der Waals surface area contributed by atoms with Crippen LogP contribution in [0.3, 0.4) is 0 Å². The summed E-state index contributed by atoms with van der Waals surface area (Å²) >= 11 is 0. The van der Waals surface area contributed by atoms with Crippen molar-refractivity contribution in [2.75, 3.05) is 62.9 Å². The zero-order chi connectivity index (χ0) is 22.6. The summed E-state index contributed by atoms with van der Waals surface area (Å²) in [6.45, 7) is 6.94. The minimum Gasteiger partial charge on any atom is -0.378 e. The van der Waals surface area contributed by atoms with Crippen LogP contribution in [0, 0.1) is 6.92 Å². The summed E-state index contributed by atoms with van der Waals surface area (Å²) in [5, 5.41) is 4.36. The highest BCUT2D eigenvalue weighted by Crippen LogP contribution is 2.23. The van der Waals surface area contributed by atoms with Gasteiger partial charge in [-0.2, -0.15) is 5.10 Å². The fraction of sp³-hybridized carbons (Fsp3) is 0.391. The first-order valence-corrected chi connectivity index (χ1v) is 11.1. The second kappa shape index (κ2) is 9.55. The largest absolute Gasteiger partial charge is 0.378 e. The van der Waals surface area contributed by atoms with Gasteiger partial charge >= 0.3 is 0 Å².